The van der Waals surface area contributed by atoms with Crippen LogP contribution < -0.4 is 5.32 Å². The molecule has 0 spiro atoms. The number of aromatic amines is 1. The molecule has 1 unspecified atom stereocenters. The predicted molar refractivity (Wildman–Crippen MR) is 89.9 cm³/mol. The van der Waals surface area contributed by atoms with Crippen LogP contribution in [-0.4, -0.2) is 40.3 Å². The van der Waals surface area contributed by atoms with Crippen molar-refractivity contribution in [3.8, 4) is 0 Å². The predicted octanol–water partition coefficient (Wildman–Crippen LogP) is 2.27. The summed E-state index contributed by atoms with van der Waals surface area (Å²) in [6.07, 6.45) is 0.970. The normalized spacial score (nSPS) is 17.7. The fraction of sp³-hybridized carbons (Fsp3) is 0.353. The molecule has 7 heteroatoms. The number of hydrogen-bond acceptors (Lipinski definition) is 4. The third-order valence-electron chi connectivity index (χ3n) is 4.37. The van der Waals surface area contributed by atoms with E-state index in [4.69, 9.17) is 0 Å². The molecule has 1 saturated heterocycles. The number of nitro groups is 1. The van der Waals surface area contributed by atoms with E-state index in [1.54, 1.807) is 4.90 Å². The Morgan fingerprint density at radius 2 is 2.04 bits per heavy atom. The number of hydrogen-bond donors (Lipinski definition) is 2. The van der Waals surface area contributed by atoms with Gasteiger partial charge in [-0.1, -0.05) is 31.2 Å². The molecule has 1 amide bonds. The first-order chi connectivity index (χ1) is 11.6. The van der Waals surface area contributed by atoms with Gasteiger partial charge in [0.1, 0.15) is 0 Å². The summed E-state index contributed by atoms with van der Waals surface area (Å²) in [6, 6.07) is 11.0. The van der Waals surface area contributed by atoms with Crippen molar-refractivity contribution >= 4 is 11.7 Å². The van der Waals surface area contributed by atoms with Gasteiger partial charge in [0.25, 0.3) is 5.91 Å². The van der Waals surface area contributed by atoms with Crippen LogP contribution in [0.3, 0.4) is 0 Å². The third-order valence-corrected chi connectivity index (χ3v) is 4.37. The number of H-pyrrole nitrogens is 1. The van der Waals surface area contributed by atoms with Crippen LogP contribution in [0.4, 0.5) is 5.82 Å². The van der Waals surface area contributed by atoms with Crippen molar-refractivity contribution < 1.29 is 9.72 Å². The monoisotopic (exact) mass is 328 g/mol. The summed E-state index contributed by atoms with van der Waals surface area (Å²) in [5.74, 6) is -0.383. The number of carbonyl (C=O) groups excluding carboxylic acids is 1. The molecule has 126 valence electrons. The topological polar surface area (TPSA) is 91.3 Å². The minimum atomic E-state index is -0.532. The second kappa shape index (κ2) is 6.84. The van der Waals surface area contributed by atoms with Gasteiger partial charge in [0, 0.05) is 25.7 Å². The molecule has 0 saturated carbocycles. The average molecular weight is 328 g/mol. The van der Waals surface area contributed by atoms with Crippen molar-refractivity contribution in [2.75, 3.05) is 19.6 Å². The first kappa shape index (κ1) is 16.2. The van der Waals surface area contributed by atoms with Gasteiger partial charge >= 0.3 is 5.82 Å². The zero-order valence-electron chi connectivity index (χ0n) is 13.5. The van der Waals surface area contributed by atoms with Crippen LogP contribution in [0.25, 0.3) is 0 Å². The number of carbonyl (C=O) groups is 1. The van der Waals surface area contributed by atoms with E-state index in [1.165, 1.54) is 17.7 Å². The van der Waals surface area contributed by atoms with E-state index in [1.807, 2.05) is 12.1 Å². The lowest BCUT2D eigenvalue weighted by Gasteiger charge is -2.36. The molecular formula is C17H20N4O3. The molecule has 0 bridgehead atoms. The first-order valence-corrected chi connectivity index (χ1v) is 8.04. The Bertz CT molecular complexity index is 739. The number of nitrogens with zero attached hydrogens (tertiary/aromatic N) is 2. The molecule has 1 aliphatic rings. The number of nitrogens with one attached hydrogen (secondary N) is 2. The van der Waals surface area contributed by atoms with Gasteiger partial charge in [0.15, 0.2) is 5.69 Å². The highest BCUT2D eigenvalue weighted by Gasteiger charge is 2.31. The maximum Gasteiger partial charge on any atom is 0.321 e. The summed E-state index contributed by atoms with van der Waals surface area (Å²) in [4.78, 5) is 27.4. The van der Waals surface area contributed by atoms with E-state index in [9.17, 15) is 14.9 Å². The van der Waals surface area contributed by atoms with Gasteiger partial charge in [-0.3, -0.25) is 4.79 Å². The van der Waals surface area contributed by atoms with Gasteiger partial charge in [-0.25, -0.2) is 4.98 Å². The van der Waals surface area contributed by atoms with E-state index >= 15 is 0 Å². The lowest BCUT2D eigenvalue weighted by molar-refractivity contribution is -0.389. The number of amides is 1. The number of rotatable bonds is 4. The van der Waals surface area contributed by atoms with Gasteiger partial charge in [0.05, 0.1) is 6.04 Å². The standard InChI is InChI=1S/C17H20N4O3/c1-2-12-3-5-13(6-4-12)15-11-18-9-10-20(15)17(22)14-7-8-16(19-14)21(23)24/h3-8,15,18-19H,2,9-11H2,1H3. The van der Waals surface area contributed by atoms with Crippen molar-refractivity contribution in [1.29, 1.82) is 0 Å². The van der Waals surface area contributed by atoms with Crippen molar-refractivity contribution in [1.82, 2.24) is 15.2 Å². The molecule has 2 aromatic rings. The van der Waals surface area contributed by atoms with Crippen LogP contribution in [0, 0.1) is 10.1 Å². The Labute approximate surface area is 139 Å². The number of aryl methyl sites for hydroxylation is 1. The Kier molecular flexibility index (Phi) is 4.61. The van der Waals surface area contributed by atoms with Gasteiger partial charge in [-0.15, -0.1) is 0 Å². The van der Waals surface area contributed by atoms with E-state index in [0.29, 0.717) is 19.6 Å². The van der Waals surface area contributed by atoms with Crippen LogP contribution in [-0.2, 0) is 6.42 Å². The molecule has 1 atom stereocenters. The molecule has 3 rings (SSSR count). The van der Waals surface area contributed by atoms with Crippen molar-refractivity contribution in [2.24, 2.45) is 0 Å². The molecule has 0 aliphatic carbocycles. The maximum absolute atomic E-state index is 12.8. The van der Waals surface area contributed by atoms with E-state index < -0.39 is 4.92 Å². The summed E-state index contributed by atoms with van der Waals surface area (Å²) >= 11 is 0. The van der Waals surface area contributed by atoms with Crippen molar-refractivity contribution in [2.45, 2.75) is 19.4 Å². The Hall–Kier alpha value is -2.67. The first-order valence-electron chi connectivity index (χ1n) is 8.04. The third kappa shape index (κ3) is 3.16. The van der Waals surface area contributed by atoms with Crippen molar-refractivity contribution in [3.05, 3.63) is 63.3 Å². The Morgan fingerprint density at radius 1 is 1.29 bits per heavy atom. The molecular weight excluding hydrogens is 308 g/mol. The second-order valence-corrected chi connectivity index (χ2v) is 5.83. The summed E-state index contributed by atoms with van der Waals surface area (Å²) in [5, 5.41) is 14.1. The van der Waals surface area contributed by atoms with Crippen LogP contribution in [0.5, 0.6) is 0 Å². The summed E-state index contributed by atoms with van der Waals surface area (Å²) in [6.45, 7) is 4.04. The highest BCUT2D eigenvalue weighted by Crippen LogP contribution is 2.25. The molecule has 0 radical (unpaired) electrons. The molecule has 2 heterocycles. The fourth-order valence-electron chi connectivity index (χ4n) is 2.99. The lowest BCUT2D eigenvalue weighted by atomic mass is 10.0. The van der Waals surface area contributed by atoms with Gasteiger partial charge in [0.2, 0.25) is 0 Å². The highest BCUT2D eigenvalue weighted by atomic mass is 16.6. The molecule has 1 aromatic heterocycles. The molecule has 1 fully saturated rings. The van der Waals surface area contributed by atoms with Crippen molar-refractivity contribution in [3.63, 3.8) is 0 Å². The zero-order valence-corrected chi connectivity index (χ0v) is 13.5. The summed E-state index contributed by atoms with van der Waals surface area (Å²) < 4.78 is 0. The van der Waals surface area contributed by atoms with Crippen LogP contribution in [0.2, 0.25) is 0 Å². The number of aromatic nitrogens is 1. The molecule has 7 nitrogen and oxygen atoms in total. The molecule has 2 N–H and O–H groups in total. The largest absolute Gasteiger partial charge is 0.358 e. The maximum atomic E-state index is 12.8. The summed E-state index contributed by atoms with van der Waals surface area (Å²) in [7, 11) is 0. The van der Waals surface area contributed by atoms with Gasteiger partial charge in [-0.2, -0.15) is 0 Å². The number of benzene rings is 1. The van der Waals surface area contributed by atoms with E-state index in [-0.39, 0.29) is 23.5 Å². The summed E-state index contributed by atoms with van der Waals surface area (Å²) in [5.41, 5.74) is 2.56. The number of piperazine rings is 1. The Morgan fingerprint density at radius 3 is 2.67 bits per heavy atom. The molecule has 1 aromatic carbocycles. The van der Waals surface area contributed by atoms with Gasteiger partial charge < -0.3 is 20.3 Å². The van der Waals surface area contributed by atoms with E-state index in [0.717, 1.165) is 12.0 Å². The minimum Gasteiger partial charge on any atom is -0.358 e. The smallest absolute Gasteiger partial charge is 0.321 e. The highest BCUT2D eigenvalue weighted by molar-refractivity contribution is 5.93. The quantitative estimate of drug-likeness (QED) is 0.665. The molecule has 1 aliphatic heterocycles. The second-order valence-electron chi connectivity index (χ2n) is 5.83. The van der Waals surface area contributed by atoms with Gasteiger partial charge in [-0.05, 0) is 28.5 Å². The van der Waals surface area contributed by atoms with Crippen LogP contribution >= 0.6 is 0 Å². The minimum absolute atomic E-state index is 0.0838. The molecule has 24 heavy (non-hydrogen) atoms. The van der Waals surface area contributed by atoms with Crippen LogP contribution in [0.15, 0.2) is 36.4 Å². The Balaban J connectivity index is 1.85. The van der Waals surface area contributed by atoms with Crippen LogP contribution in [0.1, 0.15) is 34.6 Å². The SMILES string of the molecule is CCc1ccc(C2CNCCN2C(=O)c2ccc([N+](=O)[O-])[nH]2)cc1. The zero-order chi connectivity index (χ0) is 17.1. The average Bonchev–Trinajstić information content (AvgIpc) is 3.12. The fourth-order valence-corrected chi connectivity index (χ4v) is 2.99. The van der Waals surface area contributed by atoms with E-state index in [2.05, 4.69) is 29.4 Å². The lowest BCUT2D eigenvalue weighted by Crippen LogP contribution is -2.48.